The van der Waals surface area contributed by atoms with Crippen molar-refractivity contribution in [3.63, 3.8) is 0 Å². The van der Waals surface area contributed by atoms with Gasteiger partial charge in [0.2, 0.25) is 0 Å². The molecule has 2 N–H and O–H groups in total. The van der Waals surface area contributed by atoms with Crippen LogP contribution in [0.5, 0.6) is 5.75 Å². The van der Waals surface area contributed by atoms with E-state index in [4.69, 9.17) is 4.74 Å². The van der Waals surface area contributed by atoms with E-state index in [1.165, 1.54) is 5.56 Å². The van der Waals surface area contributed by atoms with Gasteiger partial charge in [-0.1, -0.05) is 42.5 Å². The van der Waals surface area contributed by atoms with Crippen LogP contribution in [-0.4, -0.2) is 25.3 Å². The zero-order chi connectivity index (χ0) is 18.2. The molecular formula is C21H25N3O2. The molecule has 0 aromatic heterocycles. The Kier molecular flexibility index (Phi) is 6.25. The number of para-hydroxylation sites is 2. The van der Waals surface area contributed by atoms with E-state index in [1.807, 2.05) is 30.3 Å². The largest absolute Gasteiger partial charge is 0.495 e. The summed E-state index contributed by atoms with van der Waals surface area (Å²) >= 11 is 0. The maximum Gasteiger partial charge on any atom is 0.259 e. The van der Waals surface area contributed by atoms with Gasteiger partial charge in [-0.3, -0.25) is 4.79 Å². The van der Waals surface area contributed by atoms with Gasteiger partial charge in [0.25, 0.3) is 5.91 Å². The molecule has 0 unspecified atom stereocenters. The zero-order valence-electron chi connectivity index (χ0n) is 15.1. The fourth-order valence-electron chi connectivity index (χ4n) is 3.27. The van der Waals surface area contributed by atoms with Gasteiger partial charge < -0.3 is 10.1 Å². The lowest BCUT2D eigenvalue weighted by molar-refractivity contribution is -0.119. The maximum atomic E-state index is 12.0. The summed E-state index contributed by atoms with van der Waals surface area (Å²) < 4.78 is 5.26. The van der Waals surface area contributed by atoms with Crippen LogP contribution in [0.3, 0.4) is 0 Å². The van der Waals surface area contributed by atoms with Crippen molar-refractivity contribution in [2.45, 2.75) is 31.6 Å². The third-order valence-corrected chi connectivity index (χ3v) is 4.72. The maximum absolute atomic E-state index is 12.0. The Morgan fingerprint density at radius 1 is 1.08 bits per heavy atom. The molecule has 2 aromatic carbocycles. The molecule has 2 aromatic rings. The van der Waals surface area contributed by atoms with E-state index in [0.717, 1.165) is 37.1 Å². The molecule has 0 saturated heterocycles. The van der Waals surface area contributed by atoms with E-state index in [-0.39, 0.29) is 12.5 Å². The number of amides is 1. The minimum Gasteiger partial charge on any atom is -0.495 e. The van der Waals surface area contributed by atoms with Gasteiger partial charge >= 0.3 is 0 Å². The van der Waals surface area contributed by atoms with Crippen LogP contribution in [0, 0.1) is 0 Å². The first kappa shape index (κ1) is 18.0. The molecule has 3 rings (SSSR count). The zero-order valence-corrected chi connectivity index (χ0v) is 15.1. The van der Waals surface area contributed by atoms with Gasteiger partial charge in [-0.15, -0.1) is 0 Å². The summed E-state index contributed by atoms with van der Waals surface area (Å²) in [5, 5.41) is 7.39. The summed E-state index contributed by atoms with van der Waals surface area (Å²) in [6, 6.07) is 18.1. The fraction of sp³-hybridized carbons (Fsp3) is 0.333. The summed E-state index contributed by atoms with van der Waals surface area (Å²) in [5.74, 6) is 1.15. The third kappa shape index (κ3) is 4.85. The van der Waals surface area contributed by atoms with Gasteiger partial charge in [-0.25, -0.2) is 5.43 Å². The summed E-state index contributed by atoms with van der Waals surface area (Å²) in [7, 11) is 1.61. The number of carbonyl (C=O) groups is 1. The van der Waals surface area contributed by atoms with Gasteiger partial charge in [-0.05, 0) is 49.3 Å². The Hall–Kier alpha value is -2.82. The highest BCUT2D eigenvalue weighted by Gasteiger charge is 2.19. The van der Waals surface area contributed by atoms with Crippen LogP contribution in [0.15, 0.2) is 59.7 Å². The number of hydrogen-bond acceptors (Lipinski definition) is 4. The van der Waals surface area contributed by atoms with Crippen molar-refractivity contribution >= 4 is 17.3 Å². The molecule has 0 spiro atoms. The Labute approximate surface area is 154 Å². The lowest BCUT2D eigenvalue weighted by Crippen LogP contribution is -2.27. The first-order chi connectivity index (χ1) is 12.8. The van der Waals surface area contributed by atoms with Crippen LogP contribution >= 0.6 is 0 Å². The highest BCUT2D eigenvalue weighted by atomic mass is 16.5. The Bertz CT molecular complexity index is 749. The lowest BCUT2D eigenvalue weighted by atomic mass is 9.83. The van der Waals surface area contributed by atoms with Gasteiger partial charge in [0.05, 0.1) is 19.3 Å². The molecule has 1 fully saturated rings. The molecule has 5 heteroatoms. The first-order valence-corrected chi connectivity index (χ1v) is 9.02. The number of rotatable bonds is 6. The van der Waals surface area contributed by atoms with Crippen molar-refractivity contribution in [3.05, 3.63) is 60.2 Å². The number of nitrogens with one attached hydrogen (secondary N) is 2. The molecule has 136 valence electrons. The van der Waals surface area contributed by atoms with Crippen LogP contribution in [0.2, 0.25) is 0 Å². The van der Waals surface area contributed by atoms with Crippen LogP contribution in [0.4, 0.5) is 5.69 Å². The predicted octanol–water partition coefficient (Wildman–Crippen LogP) is 3.94. The van der Waals surface area contributed by atoms with E-state index in [9.17, 15) is 4.79 Å². The van der Waals surface area contributed by atoms with Gasteiger partial charge in [0.15, 0.2) is 0 Å². The topological polar surface area (TPSA) is 62.7 Å². The number of hydrazone groups is 1. The average Bonchev–Trinajstić information content (AvgIpc) is 2.72. The normalized spacial score (nSPS) is 16.7. The van der Waals surface area contributed by atoms with Crippen LogP contribution in [0.1, 0.15) is 37.2 Å². The molecule has 0 atom stereocenters. The van der Waals surface area contributed by atoms with Crippen molar-refractivity contribution in [2.75, 3.05) is 19.0 Å². The van der Waals surface area contributed by atoms with Crippen LogP contribution < -0.4 is 15.5 Å². The van der Waals surface area contributed by atoms with Crippen molar-refractivity contribution in [1.29, 1.82) is 0 Å². The standard InChI is InChI=1S/C21H25N3O2/c1-26-20-10-6-5-9-19(20)22-15-21(25)24-23-18-13-11-17(12-14-18)16-7-3-2-4-8-16/h2-10,17,22H,11-15H2,1H3,(H,24,25). The van der Waals surface area contributed by atoms with E-state index in [0.29, 0.717) is 11.7 Å². The van der Waals surface area contributed by atoms with Gasteiger partial charge in [0.1, 0.15) is 5.75 Å². The highest BCUT2D eigenvalue weighted by Crippen LogP contribution is 2.31. The molecule has 0 bridgehead atoms. The Balaban J connectivity index is 1.44. The fourth-order valence-corrected chi connectivity index (χ4v) is 3.27. The quantitative estimate of drug-likeness (QED) is 0.775. The van der Waals surface area contributed by atoms with E-state index >= 15 is 0 Å². The average molecular weight is 351 g/mol. The van der Waals surface area contributed by atoms with E-state index in [1.54, 1.807) is 7.11 Å². The number of nitrogens with zero attached hydrogens (tertiary/aromatic N) is 1. The summed E-state index contributed by atoms with van der Waals surface area (Å²) in [5.41, 5.74) is 5.92. The van der Waals surface area contributed by atoms with Crippen LogP contribution in [-0.2, 0) is 4.79 Å². The van der Waals surface area contributed by atoms with Crippen molar-refractivity contribution in [2.24, 2.45) is 5.10 Å². The molecule has 26 heavy (non-hydrogen) atoms. The summed E-state index contributed by atoms with van der Waals surface area (Å²) in [6.07, 6.45) is 4.02. The Morgan fingerprint density at radius 3 is 2.50 bits per heavy atom. The van der Waals surface area contributed by atoms with Crippen molar-refractivity contribution in [3.8, 4) is 5.75 Å². The number of carbonyl (C=O) groups excluding carboxylic acids is 1. The third-order valence-electron chi connectivity index (χ3n) is 4.72. The number of benzene rings is 2. The monoisotopic (exact) mass is 351 g/mol. The molecule has 1 aliphatic carbocycles. The molecule has 0 radical (unpaired) electrons. The number of hydrogen-bond donors (Lipinski definition) is 2. The second kappa shape index (κ2) is 9.04. The molecule has 5 nitrogen and oxygen atoms in total. The minimum absolute atomic E-state index is 0.157. The molecule has 0 heterocycles. The predicted molar refractivity (Wildman–Crippen MR) is 105 cm³/mol. The van der Waals surface area contributed by atoms with Crippen molar-refractivity contribution < 1.29 is 9.53 Å². The summed E-state index contributed by atoms with van der Waals surface area (Å²) in [4.78, 5) is 12.0. The number of methoxy groups -OCH3 is 1. The highest BCUT2D eigenvalue weighted by molar-refractivity contribution is 5.88. The molecule has 1 aliphatic rings. The van der Waals surface area contributed by atoms with Crippen LogP contribution in [0.25, 0.3) is 0 Å². The second-order valence-corrected chi connectivity index (χ2v) is 6.45. The second-order valence-electron chi connectivity index (χ2n) is 6.45. The van der Waals surface area contributed by atoms with Crippen molar-refractivity contribution in [1.82, 2.24) is 5.43 Å². The number of ether oxygens (including phenoxy) is 1. The van der Waals surface area contributed by atoms with Gasteiger partial charge in [-0.2, -0.15) is 5.10 Å². The van der Waals surface area contributed by atoms with E-state index in [2.05, 4.69) is 40.1 Å². The summed E-state index contributed by atoms with van der Waals surface area (Å²) in [6.45, 7) is 0.157. The lowest BCUT2D eigenvalue weighted by Gasteiger charge is -2.23. The molecule has 1 amide bonds. The molecule has 1 saturated carbocycles. The Morgan fingerprint density at radius 2 is 1.77 bits per heavy atom. The number of anilines is 1. The molecule has 0 aliphatic heterocycles. The minimum atomic E-state index is -0.159. The SMILES string of the molecule is COc1ccccc1NCC(=O)NN=C1CCC(c2ccccc2)CC1. The first-order valence-electron chi connectivity index (χ1n) is 9.02. The smallest absolute Gasteiger partial charge is 0.259 e. The van der Waals surface area contributed by atoms with Gasteiger partial charge in [0, 0.05) is 5.71 Å². The van der Waals surface area contributed by atoms with E-state index < -0.39 is 0 Å². The molecular weight excluding hydrogens is 326 g/mol.